The van der Waals surface area contributed by atoms with Gasteiger partial charge < -0.3 is 10.1 Å². The molecule has 0 spiro atoms. The first-order valence-corrected chi connectivity index (χ1v) is 5.51. The first-order valence-electron chi connectivity index (χ1n) is 4.72. The van der Waals surface area contributed by atoms with Crippen molar-refractivity contribution in [3.05, 3.63) is 46.3 Å². The van der Waals surface area contributed by atoms with Gasteiger partial charge in [-0.15, -0.1) is 0 Å². The average Bonchev–Trinajstić information content (AvgIpc) is 2.63. The molecule has 0 aliphatic heterocycles. The highest BCUT2D eigenvalue weighted by molar-refractivity contribution is 9.10. The van der Waals surface area contributed by atoms with Crippen LogP contribution in [0, 0.1) is 0 Å². The maximum absolute atomic E-state index is 9.08. The number of H-pyrrole nitrogens is 1. The van der Waals surface area contributed by atoms with Crippen LogP contribution in [0.2, 0.25) is 0 Å². The molecule has 0 atom stereocenters. The number of aromatic nitrogens is 2. The van der Waals surface area contributed by atoms with E-state index in [2.05, 4.69) is 32.0 Å². The molecule has 1 aromatic heterocycles. The Kier molecular flexibility index (Phi) is 3.06. The second-order valence-corrected chi connectivity index (χ2v) is 4.16. The molecular formula is C11H11BrN2O. The Labute approximate surface area is 96.3 Å². The fraction of sp³-hybridized carbons (Fsp3) is 0.182. The van der Waals surface area contributed by atoms with Crippen molar-refractivity contribution in [3.8, 4) is 5.88 Å². The molecule has 0 aliphatic rings. The highest BCUT2D eigenvalue weighted by Gasteiger charge is 2.02. The Hall–Kier alpha value is -1.29. The third kappa shape index (κ3) is 2.59. The molecule has 3 nitrogen and oxygen atoms in total. The smallest absolute Gasteiger partial charge is 0.208 e. The molecule has 0 aliphatic carbocycles. The number of hydrogen-bond acceptors (Lipinski definition) is 2. The summed E-state index contributed by atoms with van der Waals surface area (Å²) in [5, 5.41) is 9.08. The summed E-state index contributed by atoms with van der Waals surface area (Å²) in [5.41, 5.74) is 1.24. The van der Waals surface area contributed by atoms with Crippen molar-refractivity contribution in [1.29, 1.82) is 0 Å². The van der Waals surface area contributed by atoms with Gasteiger partial charge >= 0.3 is 0 Å². The minimum atomic E-state index is 0.122. The molecule has 0 amide bonds. The van der Waals surface area contributed by atoms with Gasteiger partial charge in [0.15, 0.2) is 0 Å². The summed E-state index contributed by atoms with van der Waals surface area (Å²) < 4.78 is 1.11. The van der Waals surface area contributed by atoms with Crippen LogP contribution >= 0.6 is 15.9 Å². The summed E-state index contributed by atoms with van der Waals surface area (Å²) in [6.45, 7) is 0. The minimum absolute atomic E-state index is 0.122. The van der Waals surface area contributed by atoms with E-state index in [-0.39, 0.29) is 5.88 Å². The molecule has 0 fully saturated rings. The summed E-state index contributed by atoms with van der Waals surface area (Å²) in [6, 6.07) is 8.10. The second-order valence-electron chi connectivity index (χ2n) is 3.31. The molecule has 15 heavy (non-hydrogen) atoms. The molecule has 1 heterocycles. The molecule has 2 aromatic rings. The van der Waals surface area contributed by atoms with Crippen LogP contribution in [-0.2, 0) is 12.8 Å². The minimum Gasteiger partial charge on any atom is -0.493 e. The summed E-state index contributed by atoms with van der Waals surface area (Å²) in [5.74, 6) is 0.931. The van der Waals surface area contributed by atoms with Gasteiger partial charge in [-0.3, -0.25) is 0 Å². The van der Waals surface area contributed by atoms with Crippen molar-refractivity contribution in [1.82, 2.24) is 9.97 Å². The van der Waals surface area contributed by atoms with Crippen molar-refractivity contribution in [2.45, 2.75) is 12.8 Å². The van der Waals surface area contributed by atoms with E-state index in [1.165, 1.54) is 11.8 Å². The van der Waals surface area contributed by atoms with Crippen molar-refractivity contribution in [2.24, 2.45) is 0 Å². The van der Waals surface area contributed by atoms with Gasteiger partial charge in [-0.2, -0.15) is 0 Å². The van der Waals surface area contributed by atoms with Crippen LogP contribution in [0.15, 0.2) is 34.9 Å². The third-order valence-electron chi connectivity index (χ3n) is 2.20. The first kappa shape index (κ1) is 10.2. The predicted octanol–water partition coefficient (Wildman–Crippen LogP) is 2.66. The van der Waals surface area contributed by atoms with Gasteiger partial charge in [0.05, 0.1) is 6.20 Å². The number of aromatic amines is 1. The van der Waals surface area contributed by atoms with Crippen LogP contribution in [0.1, 0.15) is 11.4 Å². The molecule has 1 aromatic carbocycles. The topological polar surface area (TPSA) is 48.9 Å². The van der Waals surface area contributed by atoms with Crippen molar-refractivity contribution in [2.75, 3.05) is 0 Å². The average molecular weight is 267 g/mol. The predicted molar refractivity (Wildman–Crippen MR) is 61.8 cm³/mol. The Balaban J connectivity index is 2.02. The van der Waals surface area contributed by atoms with Gasteiger partial charge in [0.25, 0.3) is 0 Å². The molecule has 0 bridgehead atoms. The van der Waals surface area contributed by atoms with Gasteiger partial charge in [-0.25, -0.2) is 4.98 Å². The molecule has 4 heteroatoms. The van der Waals surface area contributed by atoms with E-state index >= 15 is 0 Å². The maximum atomic E-state index is 9.08. The van der Waals surface area contributed by atoms with E-state index in [4.69, 9.17) is 5.11 Å². The van der Waals surface area contributed by atoms with Gasteiger partial charge in [0.1, 0.15) is 5.82 Å². The van der Waals surface area contributed by atoms with Crippen LogP contribution in [0.25, 0.3) is 0 Å². The lowest BCUT2D eigenvalue weighted by atomic mass is 10.1. The molecule has 0 radical (unpaired) electrons. The lowest BCUT2D eigenvalue weighted by Crippen LogP contribution is -1.94. The van der Waals surface area contributed by atoms with Gasteiger partial charge in [-0.1, -0.05) is 34.1 Å². The van der Waals surface area contributed by atoms with Crippen LogP contribution in [0.5, 0.6) is 5.88 Å². The van der Waals surface area contributed by atoms with E-state index in [0.29, 0.717) is 0 Å². The van der Waals surface area contributed by atoms with E-state index in [0.717, 1.165) is 23.1 Å². The lowest BCUT2D eigenvalue weighted by Gasteiger charge is -2.01. The Morgan fingerprint density at radius 3 is 2.73 bits per heavy atom. The molecule has 0 unspecified atom stereocenters. The monoisotopic (exact) mass is 266 g/mol. The molecular weight excluding hydrogens is 256 g/mol. The Morgan fingerprint density at radius 1 is 1.27 bits per heavy atom. The largest absolute Gasteiger partial charge is 0.493 e. The van der Waals surface area contributed by atoms with Crippen molar-refractivity contribution < 1.29 is 5.11 Å². The molecule has 0 saturated heterocycles. The standard InChI is InChI=1S/C11H11BrN2O/c12-9-4-2-1-3-8(9)5-6-10-13-7-11(15)14-10/h1-4,7,15H,5-6H2,(H,13,14). The first-order chi connectivity index (χ1) is 7.25. The summed E-state index contributed by atoms with van der Waals surface area (Å²) in [7, 11) is 0. The number of aryl methyl sites for hydroxylation is 2. The fourth-order valence-corrected chi connectivity index (χ4v) is 1.92. The third-order valence-corrected chi connectivity index (χ3v) is 2.98. The number of nitrogens with zero attached hydrogens (tertiary/aromatic N) is 1. The zero-order valence-corrected chi connectivity index (χ0v) is 9.66. The Morgan fingerprint density at radius 2 is 2.07 bits per heavy atom. The SMILES string of the molecule is Oc1cnc(CCc2ccccc2Br)[nH]1. The highest BCUT2D eigenvalue weighted by Crippen LogP contribution is 2.17. The molecule has 2 N–H and O–H groups in total. The lowest BCUT2D eigenvalue weighted by molar-refractivity contribution is 0.455. The number of aromatic hydroxyl groups is 1. The van der Waals surface area contributed by atoms with E-state index in [9.17, 15) is 0 Å². The van der Waals surface area contributed by atoms with Crippen LogP contribution < -0.4 is 0 Å². The van der Waals surface area contributed by atoms with Crippen molar-refractivity contribution >= 4 is 15.9 Å². The zero-order valence-electron chi connectivity index (χ0n) is 8.07. The quantitative estimate of drug-likeness (QED) is 0.898. The van der Waals surface area contributed by atoms with E-state index < -0.39 is 0 Å². The van der Waals surface area contributed by atoms with Gasteiger partial charge in [0.2, 0.25) is 5.88 Å². The van der Waals surface area contributed by atoms with Crippen LogP contribution in [0.4, 0.5) is 0 Å². The second kappa shape index (κ2) is 4.49. The van der Waals surface area contributed by atoms with Gasteiger partial charge in [-0.05, 0) is 18.1 Å². The summed E-state index contributed by atoms with van der Waals surface area (Å²) in [4.78, 5) is 6.83. The zero-order chi connectivity index (χ0) is 10.7. The van der Waals surface area contributed by atoms with E-state index in [1.54, 1.807) is 0 Å². The van der Waals surface area contributed by atoms with Crippen molar-refractivity contribution in [3.63, 3.8) is 0 Å². The van der Waals surface area contributed by atoms with Gasteiger partial charge in [0, 0.05) is 10.9 Å². The number of halogens is 1. The molecule has 0 saturated carbocycles. The Bertz CT molecular complexity index is 453. The summed E-state index contributed by atoms with van der Waals surface area (Å²) >= 11 is 3.50. The van der Waals surface area contributed by atoms with E-state index in [1.807, 2.05) is 18.2 Å². The summed E-state index contributed by atoms with van der Waals surface area (Å²) in [6.07, 6.45) is 3.12. The normalized spacial score (nSPS) is 10.5. The number of imidazole rings is 1. The number of rotatable bonds is 3. The maximum Gasteiger partial charge on any atom is 0.208 e. The van der Waals surface area contributed by atoms with Crippen LogP contribution in [-0.4, -0.2) is 15.1 Å². The number of nitrogens with one attached hydrogen (secondary N) is 1. The molecule has 2 rings (SSSR count). The fourth-order valence-electron chi connectivity index (χ4n) is 1.43. The van der Waals surface area contributed by atoms with Crippen LogP contribution in [0.3, 0.4) is 0 Å². The molecule has 78 valence electrons. The number of benzene rings is 1. The number of hydrogen-bond donors (Lipinski definition) is 2. The highest BCUT2D eigenvalue weighted by atomic mass is 79.9.